The summed E-state index contributed by atoms with van der Waals surface area (Å²) in [6.07, 6.45) is 0.496. The summed E-state index contributed by atoms with van der Waals surface area (Å²) in [5.41, 5.74) is -0.142. The van der Waals surface area contributed by atoms with Gasteiger partial charge >= 0.3 is 6.18 Å². The maximum absolute atomic E-state index is 12.4. The SMILES string of the molecule is O=C(Cc1ccc(C(F)(F)F)cc1)Cn1ccnc1. The Morgan fingerprint density at radius 3 is 2.42 bits per heavy atom. The van der Waals surface area contributed by atoms with E-state index in [-0.39, 0.29) is 18.7 Å². The molecule has 100 valence electrons. The van der Waals surface area contributed by atoms with Gasteiger partial charge in [-0.3, -0.25) is 4.79 Å². The van der Waals surface area contributed by atoms with Gasteiger partial charge in [-0.25, -0.2) is 4.98 Å². The number of alkyl halides is 3. The van der Waals surface area contributed by atoms with Crippen LogP contribution in [0.15, 0.2) is 43.0 Å². The lowest BCUT2D eigenvalue weighted by Crippen LogP contribution is -2.11. The van der Waals surface area contributed by atoms with Gasteiger partial charge in [0.25, 0.3) is 0 Å². The summed E-state index contributed by atoms with van der Waals surface area (Å²) in [5.74, 6) is -0.0854. The van der Waals surface area contributed by atoms with Crippen molar-refractivity contribution in [2.45, 2.75) is 19.1 Å². The third-order valence-corrected chi connectivity index (χ3v) is 2.60. The van der Waals surface area contributed by atoms with Crippen molar-refractivity contribution in [2.24, 2.45) is 0 Å². The number of carbonyl (C=O) groups excluding carboxylic acids is 1. The van der Waals surface area contributed by atoms with Crippen LogP contribution in [0.25, 0.3) is 0 Å². The third kappa shape index (κ3) is 3.67. The van der Waals surface area contributed by atoms with Crippen LogP contribution < -0.4 is 0 Å². The molecule has 0 amide bonds. The highest BCUT2D eigenvalue weighted by molar-refractivity contribution is 5.80. The van der Waals surface area contributed by atoms with Crippen molar-refractivity contribution >= 4 is 5.78 Å². The number of halogens is 3. The zero-order valence-corrected chi connectivity index (χ0v) is 9.89. The molecule has 1 aromatic heterocycles. The summed E-state index contributed by atoms with van der Waals surface area (Å²) in [5, 5.41) is 0. The number of ketones is 1. The van der Waals surface area contributed by atoms with E-state index >= 15 is 0 Å². The lowest BCUT2D eigenvalue weighted by Gasteiger charge is -2.07. The predicted octanol–water partition coefficient (Wildman–Crippen LogP) is 2.71. The fourth-order valence-corrected chi connectivity index (χ4v) is 1.68. The second kappa shape index (κ2) is 5.26. The van der Waals surface area contributed by atoms with Crippen molar-refractivity contribution in [1.29, 1.82) is 0 Å². The highest BCUT2D eigenvalue weighted by atomic mass is 19.4. The maximum atomic E-state index is 12.4. The Balaban J connectivity index is 1.98. The molecule has 19 heavy (non-hydrogen) atoms. The molecule has 1 aromatic carbocycles. The monoisotopic (exact) mass is 268 g/mol. The van der Waals surface area contributed by atoms with E-state index in [2.05, 4.69) is 4.98 Å². The lowest BCUT2D eigenvalue weighted by molar-refractivity contribution is -0.137. The molecule has 0 saturated heterocycles. The van der Waals surface area contributed by atoms with E-state index in [1.165, 1.54) is 18.5 Å². The summed E-state index contributed by atoms with van der Waals surface area (Å²) in [7, 11) is 0. The molecule has 0 aliphatic carbocycles. The van der Waals surface area contributed by atoms with E-state index in [1.54, 1.807) is 17.0 Å². The molecule has 0 atom stereocenters. The van der Waals surface area contributed by atoms with E-state index in [1.807, 2.05) is 0 Å². The van der Waals surface area contributed by atoms with Crippen LogP contribution in [-0.4, -0.2) is 15.3 Å². The van der Waals surface area contributed by atoms with Crippen LogP contribution in [0.5, 0.6) is 0 Å². The summed E-state index contributed by atoms with van der Waals surface area (Å²) in [6.45, 7) is 0.168. The van der Waals surface area contributed by atoms with Gasteiger partial charge in [0.15, 0.2) is 5.78 Å². The van der Waals surface area contributed by atoms with Gasteiger partial charge in [0.2, 0.25) is 0 Å². The molecule has 0 unspecified atom stereocenters. The molecule has 0 N–H and O–H groups in total. The van der Waals surface area contributed by atoms with Crippen molar-refractivity contribution in [1.82, 2.24) is 9.55 Å². The average molecular weight is 268 g/mol. The van der Waals surface area contributed by atoms with Gasteiger partial charge in [0.1, 0.15) is 0 Å². The first-order valence-corrected chi connectivity index (χ1v) is 5.59. The number of imidazole rings is 1. The zero-order valence-electron chi connectivity index (χ0n) is 9.89. The lowest BCUT2D eigenvalue weighted by atomic mass is 10.1. The Hall–Kier alpha value is -2.11. The molecule has 0 bridgehead atoms. The van der Waals surface area contributed by atoms with E-state index in [0.29, 0.717) is 5.56 Å². The number of aromatic nitrogens is 2. The number of hydrogen-bond donors (Lipinski definition) is 0. The quantitative estimate of drug-likeness (QED) is 0.854. The normalized spacial score (nSPS) is 11.5. The first-order chi connectivity index (χ1) is 8.95. The Bertz CT molecular complexity index is 544. The summed E-state index contributed by atoms with van der Waals surface area (Å²) >= 11 is 0. The van der Waals surface area contributed by atoms with Gasteiger partial charge < -0.3 is 4.57 Å². The molecule has 0 aliphatic rings. The van der Waals surface area contributed by atoms with Crippen LogP contribution in [0.1, 0.15) is 11.1 Å². The maximum Gasteiger partial charge on any atom is 0.416 e. The fourth-order valence-electron chi connectivity index (χ4n) is 1.68. The zero-order chi connectivity index (χ0) is 13.9. The number of benzene rings is 1. The molecule has 0 fully saturated rings. The highest BCUT2D eigenvalue weighted by Gasteiger charge is 2.29. The third-order valence-electron chi connectivity index (χ3n) is 2.60. The second-order valence-corrected chi connectivity index (χ2v) is 4.15. The molecular formula is C13H11F3N2O. The van der Waals surface area contributed by atoms with E-state index in [0.717, 1.165) is 12.1 Å². The van der Waals surface area contributed by atoms with Crippen LogP contribution in [0.2, 0.25) is 0 Å². The van der Waals surface area contributed by atoms with Crippen molar-refractivity contribution in [3.63, 3.8) is 0 Å². The molecule has 6 heteroatoms. The van der Waals surface area contributed by atoms with E-state index in [9.17, 15) is 18.0 Å². The number of Topliss-reactive ketones (excluding diaryl/α,β-unsaturated/α-hetero) is 1. The standard InChI is InChI=1S/C13H11F3N2O/c14-13(15,16)11-3-1-10(2-4-11)7-12(19)8-18-6-5-17-9-18/h1-6,9H,7-8H2. The molecule has 0 spiro atoms. The van der Waals surface area contributed by atoms with Gasteiger partial charge in [-0.1, -0.05) is 12.1 Å². The summed E-state index contributed by atoms with van der Waals surface area (Å²) in [6, 6.07) is 4.63. The van der Waals surface area contributed by atoms with Gasteiger partial charge in [0, 0.05) is 18.8 Å². The van der Waals surface area contributed by atoms with Gasteiger partial charge in [-0.2, -0.15) is 13.2 Å². The molecule has 0 radical (unpaired) electrons. The van der Waals surface area contributed by atoms with Crippen LogP contribution in [-0.2, 0) is 23.9 Å². The first kappa shape index (κ1) is 13.3. The Morgan fingerprint density at radius 1 is 1.21 bits per heavy atom. The van der Waals surface area contributed by atoms with E-state index < -0.39 is 11.7 Å². The van der Waals surface area contributed by atoms with Crippen molar-refractivity contribution < 1.29 is 18.0 Å². The van der Waals surface area contributed by atoms with Crippen LogP contribution in [0.4, 0.5) is 13.2 Å². The second-order valence-electron chi connectivity index (χ2n) is 4.15. The minimum atomic E-state index is -4.35. The van der Waals surface area contributed by atoms with Crippen LogP contribution >= 0.6 is 0 Å². The largest absolute Gasteiger partial charge is 0.416 e. The number of rotatable bonds is 4. The minimum absolute atomic E-state index is 0.0854. The fraction of sp³-hybridized carbons (Fsp3) is 0.231. The first-order valence-electron chi connectivity index (χ1n) is 5.59. The Labute approximate surface area is 107 Å². The predicted molar refractivity (Wildman–Crippen MR) is 62.4 cm³/mol. The molecule has 2 aromatic rings. The van der Waals surface area contributed by atoms with Crippen molar-refractivity contribution in [3.8, 4) is 0 Å². The molecule has 2 rings (SSSR count). The molecule has 0 saturated carbocycles. The average Bonchev–Trinajstić information content (AvgIpc) is 2.81. The topological polar surface area (TPSA) is 34.9 Å². The number of nitrogens with zero attached hydrogens (tertiary/aromatic N) is 2. The number of hydrogen-bond acceptors (Lipinski definition) is 2. The summed E-state index contributed by atoms with van der Waals surface area (Å²) in [4.78, 5) is 15.5. The summed E-state index contributed by atoms with van der Waals surface area (Å²) < 4.78 is 38.7. The van der Waals surface area contributed by atoms with Crippen LogP contribution in [0.3, 0.4) is 0 Å². The molecule has 3 nitrogen and oxygen atoms in total. The smallest absolute Gasteiger partial charge is 0.330 e. The molecule has 0 aliphatic heterocycles. The van der Waals surface area contributed by atoms with Gasteiger partial charge in [0.05, 0.1) is 18.4 Å². The van der Waals surface area contributed by atoms with Gasteiger partial charge in [-0.15, -0.1) is 0 Å². The van der Waals surface area contributed by atoms with E-state index in [4.69, 9.17) is 0 Å². The molecular weight excluding hydrogens is 257 g/mol. The number of carbonyl (C=O) groups is 1. The Kier molecular flexibility index (Phi) is 3.69. The molecule has 1 heterocycles. The highest BCUT2D eigenvalue weighted by Crippen LogP contribution is 2.29. The van der Waals surface area contributed by atoms with Crippen molar-refractivity contribution in [2.75, 3.05) is 0 Å². The minimum Gasteiger partial charge on any atom is -0.330 e. The van der Waals surface area contributed by atoms with Crippen LogP contribution in [0, 0.1) is 0 Å². The van der Waals surface area contributed by atoms with Crippen molar-refractivity contribution in [3.05, 3.63) is 54.1 Å². The van der Waals surface area contributed by atoms with Gasteiger partial charge in [-0.05, 0) is 17.7 Å². The Morgan fingerprint density at radius 2 is 1.89 bits per heavy atom.